The SMILES string of the molecule is CCO[SiH2]OC(=O)/C=C\C(=O)O[SiH2]OCC. The van der Waals surface area contributed by atoms with Gasteiger partial charge in [-0.25, -0.2) is 9.59 Å². The first kappa shape index (κ1) is 15.0. The predicted octanol–water partition coefficient (Wildman–Crippen LogP) is -1.30. The first-order valence-electron chi connectivity index (χ1n) is 4.87. The summed E-state index contributed by atoms with van der Waals surface area (Å²) in [4.78, 5) is 21.9. The summed E-state index contributed by atoms with van der Waals surface area (Å²) in [7, 11) is -2.54. The Balaban J connectivity index is 3.63. The topological polar surface area (TPSA) is 71.1 Å². The van der Waals surface area contributed by atoms with E-state index in [0.717, 1.165) is 12.2 Å². The molecule has 92 valence electrons. The minimum atomic E-state index is -1.27. The van der Waals surface area contributed by atoms with E-state index in [-0.39, 0.29) is 0 Å². The van der Waals surface area contributed by atoms with Gasteiger partial charge in [-0.15, -0.1) is 0 Å². The fraction of sp³-hybridized carbons (Fsp3) is 0.500. The van der Waals surface area contributed by atoms with Gasteiger partial charge in [0.1, 0.15) is 0 Å². The van der Waals surface area contributed by atoms with E-state index < -0.39 is 32.0 Å². The summed E-state index contributed by atoms with van der Waals surface area (Å²) in [5.74, 6) is -1.18. The smallest absolute Gasteiger partial charge is 0.369 e. The van der Waals surface area contributed by atoms with Crippen molar-refractivity contribution in [3.05, 3.63) is 12.2 Å². The summed E-state index contributed by atoms with van der Waals surface area (Å²) in [6.45, 7) is 4.66. The van der Waals surface area contributed by atoms with Gasteiger partial charge in [0.05, 0.1) is 0 Å². The molecule has 0 saturated carbocycles. The first-order chi connectivity index (χ1) is 7.70. The Morgan fingerprint density at radius 2 is 1.31 bits per heavy atom. The third-order valence-corrected chi connectivity index (χ3v) is 3.29. The van der Waals surface area contributed by atoms with Gasteiger partial charge in [0.25, 0.3) is 0 Å². The second-order valence-corrected chi connectivity index (χ2v) is 4.35. The normalized spacial score (nSPS) is 11.9. The molecule has 0 fully saturated rings. The Morgan fingerprint density at radius 1 is 0.938 bits per heavy atom. The van der Waals surface area contributed by atoms with Crippen LogP contribution in [0.15, 0.2) is 12.2 Å². The maximum atomic E-state index is 11.0. The molecule has 0 atom stereocenters. The lowest BCUT2D eigenvalue weighted by Crippen LogP contribution is -2.12. The Labute approximate surface area is 99.0 Å². The van der Waals surface area contributed by atoms with E-state index in [4.69, 9.17) is 17.7 Å². The van der Waals surface area contributed by atoms with E-state index in [1.165, 1.54) is 0 Å². The fourth-order valence-corrected chi connectivity index (χ4v) is 1.52. The molecule has 0 heterocycles. The molecule has 0 aromatic carbocycles. The van der Waals surface area contributed by atoms with Crippen LogP contribution < -0.4 is 0 Å². The number of carbonyl (C=O) groups excluding carboxylic acids is 2. The van der Waals surface area contributed by atoms with Crippen molar-refractivity contribution < 1.29 is 27.3 Å². The maximum Gasteiger partial charge on any atom is 0.369 e. The lowest BCUT2D eigenvalue weighted by molar-refractivity contribution is -0.132. The van der Waals surface area contributed by atoms with Crippen molar-refractivity contribution in [2.24, 2.45) is 0 Å². The van der Waals surface area contributed by atoms with Crippen molar-refractivity contribution in [2.45, 2.75) is 13.8 Å². The Bertz CT molecular complexity index is 219. The molecule has 16 heavy (non-hydrogen) atoms. The number of rotatable bonds is 8. The van der Waals surface area contributed by atoms with Crippen LogP contribution in [0.4, 0.5) is 0 Å². The highest BCUT2D eigenvalue weighted by Gasteiger charge is 2.00. The van der Waals surface area contributed by atoms with Crippen molar-refractivity contribution >= 4 is 32.0 Å². The van der Waals surface area contributed by atoms with Gasteiger partial charge in [0.15, 0.2) is 0 Å². The summed E-state index contributed by atoms with van der Waals surface area (Å²) >= 11 is 0. The van der Waals surface area contributed by atoms with E-state index in [0.29, 0.717) is 13.2 Å². The third-order valence-electron chi connectivity index (χ3n) is 1.33. The van der Waals surface area contributed by atoms with Crippen LogP contribution in [0.25, 0.3) is 0 Å². The van der Waals surface area contributed by atoms with Crippen molar-refractivity contribution in [3.63, 3.8) is 0 Å². The van der Waals surface area contributed by atoms with Crippen LogP contribution in [0, 0.1) is 0 Å². The molecular weight excluding hydrogens is 248 g/mol. The van der Waals surface area contributed by atoms with Crippen LogP contribution in [0.1, 0.15) is 13.8 Å². The Hall–Kier alpha value is -0.966. The van der Waals surface area contributed by atoms with E-state index in [9.17, 15) is 9.59 Å². The molecule has 0 aliphatic carbocycles. The summed E-state index contributed by atoms with van der Waals surface area (Å²) in [6, 6.07) is 0. The van der Waals surface area contributed by atoms with Gasteiger partial charge in [-0.3, -0.25) is 0 Å². The highest BCUT2D eigenvalue weighted by molar-refractivity contribution is 6.24. The summed E-state index contributed by atoms with van der Waals surface area (Å²) < 4.78 is 19.3. The van der Waals surface area contributed by atoms with Crippen molar-refractivity contribution in [3.8, 4) is 0 Å². The van der Waals surface area contributed by atoms with E-state index >= 15 is 0 Å². The molecule has 0 bridgehead atoms. The van der Waals surface area contributed by atoms with Crippen LogP contribution in [-0.2, 0) is 27.3 Å². The average Bonchev–Trinajstić information content (AvgIpc) is 2.27. The second-order valence-electron chi connectivity index (χ2n) is 2.48. The minimum absolute atomic E-state index is 0.519. The van der Waals surface area contributed by atoms with Crippen LogP contribution in [-0.4, -0.2) is 45.2 Å². The molecule has 0 aromatic rings. The molecule has 0 aliphatic rings. The summed E-state index contributed by atoms with van der Waals surface area (Å²) in [5.41, 5.74) is 0. The number of hydrogen-bond acceptors (Lipinski definition) is 6. The summed E-state index contributed by atoms with van der Waals surface area (Å²) in [6.07, 6.45) is 2.05. The van der Waals surface area contributed by atoms with Gasteiger partial charge in [0.2, 0.25) is 0 Å². The Kier molecular flexibility index (Phi) is 9.91. The largest absolute Gasteiger partial charge is 0.496 e. The molecular formula is C8H16O6Si2. The fourth-order valence-electron chi connectivity index (χ4n) is 0.598. The lowest BCUT2D eigenvalue weighted by atomic mass is 10.5. The highest BCUT2D eigenvalue weighted by Crippen LogP contribution is 1.85. The molecule has 0 amide bonds. The third kappa shape index (κ3) is 9.58. The van der Waals surface area contributed by atoms with E-state index in [2.05, 4.69) is 0 Å². The zero-order valence-electron chi connectivity index (χ0n) is 9.43. The summed E-state index contributed by atoms with van der Waals surface area (Å²) in [5, 5.41) is 0. The highest BCUT2D eigenvalue weighted by atomic mass is 28.3. The van der Waals surface area contributed by atoms with Crippen LogP contribution in [0.5, 0.6) is 0 Å². The molecule has 0 rings (SSSR count). The van der Waals surface area contributed by atoms with Gasteiger partial charge in [-0.05, 0) is 13.8 Å². The molecule has 0 saturated heterocycles. The molecule has 0 spiro atoms. The maximum absolute atomic E-state index is 11.0. The van der Waals surface area contributed by atoms with Crippen molar-refractivity contribution in [1.29, 1.82) is 0 Å². The number of carbonyl (C=O) groups is 2. The van der Waals surface area contributed by atoms with Crippen LogP contribution >= 0.6 is 0 Å². The standard InChI is InChI=1S/C8H16O6Si2/c1-3-11-15-13-7(9)5-6-8(10)14-16-12-4-2/h5-6H,3-4,15-16H2,1-2H3/b6-5-. The molecule has 0 unspecified atom stereocenters. The number of hydrogen-bond donors (Lipinski definition) is 0. The zero-order valence-corrected chi connectivity index (χ0v) is 12.3. The average molecular weight is 264 g/mol. The monoisotopic (exact) mass is 264 g/mol. The van der Waals surface area contributed by atoms with Gasteiger partial charge < -0.3 is 17.7 Å². The Morgan fingerprint density at radius 3 is 1.62 bits per heavy atom. The molecule has 8 heteroatoms. The predicted molar refractivity (Wildman–Crippen MR) is 61.7 cm³/mol. The van der Waals surface area contributed by atoms with Gasteiger partial charge in [-0.2, -0.15) is 0 Å². The minimum Gasteiger partial charge on any atom is -0.496 e. The quantitative estimate of drug-likeness (QED) is 0.308. The van der Waals surface area contributed by atoms with Crippen molar-refractivity contribution in [1.82, 2.24) is 0 Å². The molecule has 0 aliphatic heterocycles. The van der Waals surface area contributed by atoms with Gasteiger partial charge >= 0.3 is 32.0 Å². The molecule has 6 nitrogen and oxygen atoms in total. The second kappa shape index (κ2) is 10.5. The lowest BCUT2D eigenvalue weighted by Gasteiger charge is -2.01. The van der Waals surface area contributed by atoms with Crippen LogP contribution in [0.3, 0.4) is 0 Å². The molecule has 0 radical (unpaired) electrons. The van der Waals surface area contributed by atoms with Gasteiger partial charge in [0, 0.05) is 25.4 Å². The van der Waals surface area contributed by atoms with Gasteiger partial charge in [-0.1, -0.05) is 0 Å². The zero-order chi connectivity index (χ0) is 12.2. The first-order valence-corrected chi connectivity index (χ1v) is 7.18. The van der Waals surface area contributed by atoms with Crippen molar-refractivity contribution in [2.75, 3.05) is 13.2 Å². The van der Waals surface area contributed by atoms with E-state index in [1.807, 2.05) is 13.8 Å². The van der Waals surface area contributed by atoms with E-state index in [1.54, 1.807) is 0 Å². The molecule has 0 aromatic heterocycles. The van der Waals surface area contributed by atoms with Crippen LogP contribution in [0.2, 0.25) is 0 Å². The molecule has 0 N–H and O–H groups in total.